The molecule has 0 aliphatic heterocycles. The number of amides is 2. The number of carbonyl (C=O) groups is 3. The van der Waals surface area contributed by atoms with Crippen LogP contribution in [0.15, 0.2) is 24.3 Å². The van der Waals surface area contributed by atoms with E-state index in [-0.39, 0.29) is 12.5 Å². The van der Waals surface area contributed by atoms with E-state index in [4.69, 9.17) is 15.6 Å². The van der Waals surface area contributed by atoms with Gasteiger partial charge in [-0.3, -0.25) is 9.59 Å². The lowest BCUT2D eigenvalue weighted by Crippen LogP contribution is -2.41. The second-order valence-corrected chi connectivity index (χ2v) is 5.27. The molecule has 7 nitrogen and oxygen atoms in total. The third kappa shape index (κ3) is 5.82. The normalized spacial score (nSPS) is 11.8. The van der Waals surface area contributed by atoms with Crippen LogP contribution in [0.2, 0.25) is 0 Å². The number of nitrogens with one attached hydrogen (secondary N) is 1. The highest BCUT2D eigenvalue weighted by Crippen LogP contribution is 2.13. The summed E-state index contributed by atoms with van der Waals surface area (Å²) in [6.07, 6.45) is 0.348. The van der Waals surface area contributed by atoms with Crippen molar-refractivity contribution in [3.8, 4) is 5.75 Å². The van der Waals surface area contributed by atoms with E-state index in [0.29, 0.717) is 17.7 Å². The van der Waals surface area contributed by atoms with E-state index in [9.17, 15) is 14.4 Å². The maximum Gasteiger partial charge on any atom is 0.326 e. The quantitative estimate of drug-likeness (QED) is 0.655. The number of carbonyl (C=O) groups excluding carboxylic acids is 2. The molecule has 0 aromatic heterocycles. The van der Waals surface area contributed by atoms with Gasteiger partial charge in [-0.25, -0.2) is 4.79 Å². The smallest absolute Gasteiger partial charge is 0.326 e. The van der Waals surface area contributed by atoms with Gasteiger partial charge in [-0.05, 0) is 36.6 Å². The minimum Gasteiger partial charge on any atom is -0.484 e. The molecule has 0 heterocycles. The highest BCUT2D eigenvalue weighted by molar-refractivity contribution is 5.96. The molecule has 7 heteroatoms. The first kappa shape index (κ1) is 17.5. The van der Waals surface area contributed by atoms with Crippen LogP contribution >= 0.6 is 0 Å². The molecule has 1 atom stereocenters. The lowest BCUT2D eigenvalue weighted by Gasteiger charge is -2.16. The molecular formula is C15H20N2O5. The van der Waals surface area contributed by atoms with Crippen LogP contribution in [0.5, 0.6) is 5.75 Å². The summed E-state index contributed by atoms with van der Waals surface area (Å²) in [7, 11) is 0. The summed E-state index contributed by atoms with van der Waals surface area (Å²) >= 11 is 0. The van der Waals surface area contributed by atoms with Gasteiger partial charge in [0, 0.05) is 5.56 Å². The SMILES string of the molecule is CC(C)C[C@@H](NC(=O)c1ccc(OCC(N)=O)cc1)C(=O)O. The van der Waals surface area contributed by atoms with Gasteiger partial charge < -0.3 is 20.9 Å². The van der Waals surface area contributed by atoms with Crippen molar-refractivity contribution >= 4 is 17.8 Å². The molecule has 0 spiro atoms. The minimum absolute atomic E-state index is 0.144. The molecule has 4 N–H and O–H groups in total. The molecule has 0 aliphatic carbocycles. The summed E-state index contributed by atoms with van der Waals surface area (Å²) in [5.41, 5.74) is 5.26. The summed E-state index contributed by atoms with van der Waals surface area (Å²) in [6, 6.07) is 5.06. The molecule has 0 bridgehead atoms. The first-order valence-electron chi connectivity index (χ1n) is 6.84. The van der Waals surface area contributed by atoms with Crippen molar-refractivity contribution in [2.45, 2.75) is 26.3 Å². The number of rotatable bonds is 8. The van der Waals surface area contributed by atoms with Gasteiger partial charge in [0.05, 0.1) is 0 Å². The van der Waals surface area contributed by atoms with E-state index in [1.807, 2.05) is 13.8 Å². The Labute approximate surface area is 128 Å². The van der Waals surface area contributed by atoms with E-state index < -0.39 is 23.8 Å². The van der Waals surface area contributed by atoms with Crippen molar-refractivity contribution in [3.05, 3.63) is 29.8 Å². The first-order chi connectivity index (χ1) is 10.3. The van der Waals surface area contributed by atoms with Gasteiger partial charge >= 0.3 is 5.97 Å². The van der Waals surface area contributed by atoms with Gasteiger partial charge in [-0.2, -0.15) is 0 Å². The number of aliphatic carboxylic acids is 1. The predicted molar refractivity (Wildman–Crippen MR) is 79.5 cm³/mol. The molecule has 2 amide bonds. The Balaban J connectivity index is 2.68. The summed E-state index contributed by atoms with van der Waals surface area (Å²) in [6.45, 7) is 3.51. The standard InChI is InChI=1S/C15H20N2O5/c1-9(2)7-12(15(20)21)17-14(19)10-3-5-11(6-4-10)22-8-13(16)18/h3-6,9,12H,7-8H2,1-2H3,(H2,16,18)(H,17,19)(H,20,21)/t12-/m1/s1. The average Bonchev–Trinajstić information content (AvgIpc) is 2.44. The fourth-order valence-electron chi connectivity index (χ4n) is 1.79. The molecule has 0 saturated carbocycles. The van der Waals surface area contributed by atoms with E-state index in [0.717, 1.165) is 0 Å². The van der Waals surface area contributed by atoms with E-state index in [1.54, 1.807) is 0 Å². The fourth-order valence-corrected chi connectivity index (χ4v) is 1.79. The third-order valence-corrected chi connectivity index (χ3v) is 2.81. The van der Waals surface area contributed by atoms with Crippen LogP contribution in [-0.2, 0) is 9.59 Å². The van der Waals surface area contributed by atoms with Crippen molar-refractivity contribution in [3.63, 3.8) is 0 Å². The number of carboxylic acid groups (broad SMARTS) is 1. The maximum atomic E-state index is 12.0. The van der Waals surface area contributed by atoms with Crippen LogP contribution in [0.4, 0.5) is 0 Å². The van der Waals surface area contributed by atoms with Crippen LogP contribution in [0.3, 0.4) is 0 Å². The molecule has 0 aliphatic rings. The van der Waals surface area contributed by atoms with E-state index >= 15 is 0 Å². The molecule has 1 rings (SSSR count). The molecule has 1 aromatic rings. The van der Waals surface area contributed by atoms with E-state index in [2.05, 4.69) is 5.32 Å². The Morgan fingerprint density at radius 1 is 1.23 bits per heavy atom. The van der Waals surface area contributed by atoms with Crippen molar-refractivity contribution in [2.24, 2.45) is 11.7 Å². The van der Waals surface area contributed by atoms with Crippen molar-refractivity contribution < 1.29 is 24.2 Å². The highest BCUT2D eigenvalue weighted by Gasteiger charge is 2.21. The van der Waals surface area contributed by atoms with Crippen LogP contribution in [-0.4, -0.2) is 35.5 Å². The van der Waals surface area contributed by atoms with Gasteiger partial charge in [0.15, 0.2) is 6.61 Å². The lowest BCUT2D eigenvalue weighted by molar-refractivity contribution is -0.139. The molecule has 1 aromatic carbocycles. The van der Waals surface area contributed by atoms with Crippen LogP contribution in [0.25, 0.3) is 0 Å². The Kier molecular flexibility index (Phi) is 6.37. The summed E-state index contributed by atoms with van der Waals surface area (Å²) in [5, 5.41) is 11.6. The van der Waals surface area contributed by atoms with Crippen molar-refractivity contribution in [2.75, 3.05) is 6.61 Å². The van der Waals surface area contributed by atoms with Crippen molar-refractivity contribution in [1.29, 1.82) is 0 Å². The largest absolute Gasteiger partial charge is 0.484 e. The first-order valence-corrected chi connectivity index (χ1v) is 6.84. The zero-order valence-corrected chi connectivity index (χ0v) is 12.5. The van der Waals surface area contributed by atoms with Gasteiger partial charge in [-0.1, -0.05) is 13.8 Å². The van der Waals surface area contributed by atoms with Crippen LogP contribution < -0.4 is 15.8 Å². The average molecular weight is 308 g/mol. The summed E-state index contributed by atoms with van der Waals surface area (Å²) < 4.78 is 5.07. The number of primary amides is 1. The third-order valence-electron chi connectivity index (χ3n) is 2.81. The topological polar surface area (TPSA) is 119 Å². The second-order valence-electron chi connectivity index (χ2n) is 5.27. The maximum absolute atomic E-state index is 12.0. The molecule has 0 radical (unpaired) electrons. The second kappa shape index (κ2) is 8.02. The molecule has 0 fully saturated rings. The van der Waals surface area contributed by atoms with E-state index in [1.165, 1.54) is 24.3 Å². The zero-order valence-electron chi connectivity index (χ0n) is 12.5. The lowest BCUT2D eigenvalue weighted by atomic mass is 10.0. The van der Waals surface area contributed by atoms with Crippen LogP contribution in [0.1, 0.15) is 30.6 Å². The number of carboxylic acids is 1. The zero-order chi connectivity index (χ0) is 16.7. The highest BCUT2D eigenvalue weighted by atomic mass is 16.5. The van der Waals surface area contributed by atoms with Gasteiger partial charge in [0.2, 0.25) is 0 Å². The van der Waals surface area contributed by atoms with Gasteiger partial charge in [0.25, 0.3) is 11.8 Å². The Bertz CT molecular complexity index is 539. The number of benzene rings is 1. The molecule has 120 valence electrons. The number of ether oxygens (including phenoxy) is 1. The summed E-state index contributed by atoms with van der Waals surface area (Å²) in [4.78, 5) is 33.8. The predicted octanol–water partition coefficient (Wildman–Crippen LogP) is 0.780. The molecule has 0 saturated heterocycles. The number of hydrogen-bond donors (Lipinski definition) is 3. The summed E-state index contributed by atoms with van der Waals surface area (Å²) in [5.74, 6) is -1.60. The molecule has 22 heavy (non-hydrogen) atoms. The monoisotopic (exact) mass is 308 g/mol. The Morgan fingerprint density at radius 2 is 1.82 bits per heavy atom. The van der Waals surface area contributed by atoms with Crippen molar-refractivity contribution in [1.82, 2.24) is 5.32 Å². The van der Waals surface area contributed by atoms with Crippen LogP contribution in [0, 0.1) is 5.92 Å². The minimum atomic E-state index is -1.07. The van der Waals surface area contributed by atoms with Gasteiger partial charge in [-0.15, -0.1) is 0 Å². The molecule has 0 unspecified atom stereocenters. The Hall–Kier alpha value is -2.57. The van der Waals surface area contributed by atoms with Gasteiger partial charge in [0.1, 0.15) is 11.8 Å². The Morgan fingerprint density at radius 3 is 2.27 bits per heavy atom. The molecular weight excluding hydrogens is 288 g/mol. The fraction of sp³-hybridized carbons (Fsp3) is 0.400. The number of hydrogen-bond acceptors (Lipinski definition) is 4. The number of nitrogens with two attached hydrogens (primary N) is 1.